The molecule has 1 atom stereocenters. The van der Waals surface area contributed by atoms with E-state index in [4.69, 9.17) is 5.73 Å². The molecule has 1 aliphatic heterocycles. The molecule has 1 aliphatic rings. The molecule has 0 bridgehead atoms. The third kappa shape index (κ3) is 2.76. The van der Waals surface area contributed by atoms with Crippen molar-refractivity contribution in [3.05, 3.63) is 22.4 Å². The van der Waals surface area contributed by atoms with Crippen molar-refractivity contribution in [2.75, 3.05) is 19.6 Å². The number of rotatable bonds is 3. The average Bonchev–Trinajstić information content (AvgIpc) is 2.76. The number of H-pyrrole nitrogens is 2. The van der Waals surface area contributed by atoms with Gasteiger partial charge in [-0.25, -0.2) is 4.79 Å². The number of carbonyl (C=O) groups excluding carboxylic acids is 1. The lowest BCUT2D eigenvalue weighted by molar-refractivity contribution is 0.0664. The average molecular weight is 238 g/mol. The zero-order valence-corrected chi connectivity index (χ0v) is 9.74. The number of piperidine rings is 1. The van der Waals surface area contributed by atoms with Crippen LogP contribution in [0.2, 0.25) is 0 Å². The van der Waals surface area contributed by atoms with Crippen LogP contribution in [0.1, 0.15) is 29.8 Å². The molecule has 1 aromatic heterocycles. The van der Waals surface area contributed by atoms with Gasteiger partial charge in [0.05, 0.1) is 0 Å². The van der Waals surface area contributed by atoms with E-state index in [1.54, 1.807) is 4.90 Å². The Kier molecular flexibility index (Phi) is 3.63. The van der Waals surface area contributed by atoms with Gasteiger partial charge in [-0.05, 0) is 31.7 Å². The topological polar surface area (TPSA) is 95.0 Å². The van der Waals surface area contributed by atoms with Gasteiger partial charge >= 0.3 is 5.69 Å². The lowest BCUT2D eigenvalue weighted by Crippen LogP contribution is -2.40. The predicted molar refractivity (Wildman–Crippen MR) is 63.7 cm³/mol. The molecule has 1 fully saturated rings. The number of hydrogen-bond donors (Lipinski definition) is 3. The fraction of sp³-hybridized carbons (Fsp3) is 0.636. The molecule has 2 rings (SSSR count). The van der Waals surface area contributed by atoms with Crippen LogP contribution in [0, 0.1) is 5.92 Å². The molecule has 6 nitrogen and oxygen atoms in total. The van der Waals surface area contributed by atoms with Crippen LogP contribution in [0.15, 0.2) is 11.0 Å². The van der Waals surface area contributed by atoms with Gasteiger partial charge in [0.25, 0.3) is 5.91 Å². The van der Waals surface area contributed by atoms with Crippen LogP contribution in [-0.4, -0.2) is 40.4 Å². The van der Waals surface area contributed by atoms with Crippen molar-refractivity contribution in [1.29, 1.82) is 0 Å². The third-order valence-electron chi connectivity index (χ3n) is 3.21. The van der Waals surface area contributed by atoms with Crippen LogP contribution in [0.3, 0.4) is 0 Å². The minimum Gasteiger partial charge on any atom is -0.337 e. The Bertz CT molecular complexity index is 435. The van der Waals surface area contributed by atoms with E-state index in [1.165, 1.54) is 6.20 Å². The van der Waals surface area contributed by atoms with Crippen molar-refractivity contribution in [3.8, 4) is 0 Å². The standard InChI is InChI=1S/C11H18N4O2/c12-4-3-8-2-1-5-15(7-8)10(16)9-6-13-11(17)14-9/h6,8H,1-5,7,12H2,(H2,13,14,17). The first-order chi connectivity index (χ1) is 8.20. The number of imidazole rings is 1. The Morgan fingerprint density at radius 1 is 1.59 bits per heavy atom. The second-order valence-electron chi connectivity index (χ2n) is 4.49. The molecule has 17 heavy (non-hydrogen) atoms. The summed E-state index contributed by atoms with van der Waals surface area (Å²) >= 11 is 0. The van der Waals surface area contributed by atoms with Gasteiger partial charge in [-0.1, -0.05) is 0 Å². The van der Waals surface area contributed by atoms with Crippen LogP contribution < -0.4 is 11.4 Å². The zero-order chi connectivity index (χ0) is 12.3. The lowest BCUT2D eigenvalue weighted by Gasteiger charge is -2.32. The van der Waals surface area contributed by atoms with Crippen LogP contribution in [0.4, 0.5) is 0 Å². The second kappa shape index (κ2) is 5.18. The molecular formula is C11H18N4O2. The van der Waals surface area contributed by atoms with Crippen LogP contribution in [-0.2, 0) is 0 Å². The van der Waals surface area contributed by atoms with Crippen molar-refractivity contribution in [1.82, 2.24) is 14.9 Å². The maximum Gasteiger partial charge on any atom is 0.323 e. The molecule has 0 spiro atoms. The van der Waals surface area contributed by atoms with E-state index in [2.05, 4.69) is 9.97 Å². The summed E-state index contributed by atoms with van der Waals surface area (Å²) in [5, 5.41) is 0. The first kappa shape index (κ1) is 11.9. The van der Waals surface area contributed by atoms with E-state index in [9.17, 15) is 9.59 Å². The van der Waals surface area contributed by atoms with Gasteiger partial charge in [0.2, 0.25) is 0 Å². The van der Waals surface area contributed by atoms with Crippen molar-refractivity contribution in [3.63, 3.8) is 0 Å². The number of aromatic amines is 2. The van der Waals surface area contributed by atoms with Crippen molar-refractivity contribution < 1.29 is 4.79 Å². The van der Waals surface area contributed by atoms with Crippen molar-refractivity contribution in [2.45, 2.75) is 19.3 Å². The highest BCUT2D eigenvalue weighted by molar-refractivity contribution is 5.92. The summed E-state index contributed by atoms with van der Waals surface area (Å²) in [6.07, 6.45) is 4.51. The second-order valence-corrected chi connectivity index (χ2v) is 4.49. The summed E-state index contributed by atoms with van der Waals surface area (Å²) < 4.78 is 0. The lowest BCUT2D eigenvalue weighted by atomic mass is 9.95. The number of nitrogens with zero attached hydrogens (tertiary/aromatic N) is 1. The van der Waals surface area contributed by atoms with Gasteiger partial charge in [0.15, 0.2) is 0 Å². The molecule has 1 saturated heterocycles. The maximum atomic E-state index is 12.1. The summed E-state index contributed by atoms with van der Waals surface area (Å²) in [5.41, 5.74) is 5.53. The SMILES string of the molecule is NCCC1CCCN(C(=O)c2c[nH]c(=O)[nH]2)C1. The minimum atomic E-state index is -0.344. The largest absolute Gasteiger partial charge is 0.337 e. The molecule has 1 unspecified atom stereocenters. The third-order valence-corrected chi connectivity index (χ3v) is 3.21. The van der Waals surface area contributed by atoms with Crippen molar-refractivity contribution in [2.24, 2.45) is 11.7 Å². The van der Waals surface area contributed by atoms with Gasteiger partial charge in [-0.2, -0.15) is 0 Å². The molecule has 1 aromatic rings. The van der Waals surface area contributed by atoms with Gasteiger partial charge in [-0.15, -0.1) is 0 Å². The highest BCUT2D eigenvalue weighted by Crippen LogP contribution is 2.19. The van der Waals surface area contributed by atoms with E-state index in [0.717, 1.165) is 32.4 Å². The molecule has 0 aliphatic carbocycles. The smallest absolute Gasteiger partial charge is 0.323 e. The molecule has 6 heteroatoms. The Morgan fingerprint density at radius 3 is 3.06 bits per heavy atom. The Labute approximate surface area is 99.2 Å². The van der Waals surface area contributed by atoms with E-state index in [0.29, 0.717) is 18.2 Å². The van der Waals surface area contributed by atoms with Gasteiger partial charge in [0, 0.05) is 19.3 Å². The van der Waals surface area contributed by atoms with Gasteiger partial charge in [-0.3, -0.25) is 4.79 Å². The fourth-order valence-electron chi connectivity index (χ4n) is 2.34. The zero-order valence-electron chi connectivity index (χ0n) is 9.74. The monoisotopic (exact) mass is 238 g/mol. The van der Waals surface area contributed by atoms with Crippen LogP contribution in [0.25, 0.3) is 0 Å². The highest BCUT2D eigenvalue weighted by Gasteiger charge is 2.24. The number of amides is 1. The maximum absolute atomic E-state index is 12.1. The predicted octanol–water partition coefficient (Wildman–Crippen LogP) is -0.0960. The minimum absolute atomic E-state index is 0.106. The molecule has 4 N–H and O–H groups in total. The molecule has 94 valence electrons. The Balaban J connectivity index is 2.02. The Hall–Kier alpha value is -1.56. The molecule has 0 aromatic carbocycles. The number of likely N-dealkylation sites (tertiary alicyclic amines) is 1. The molecule has 0 radical (unpaired) electrons. The number of hydrogen-bond acceptors (Lipinski definition) is 3. The number of nitrogens with one attached hydrogen (secondary N) is 2. The first-order valence-corrected chi connectivity index (χ1v) is 5.97. The molecule has 0 saturated carbocycles. The summed E-state index contributed by atoms with van der Waals surface area (Å²) in [4.78, 5) is 29.7. The van der Waals surface area contributed by atoms with Gasteiger partial charge < -0.3 is 20.6 Å². The normalized spacial score (nSPS) is 20.5. The number of nitrogens with two attached hydrogens (primary N) is 1. The van der Waals surface area contributed by atoms with Gasteiger partial charge in [0.1, 0.15) is 5.69 Å². The summed E-state index contributed by atoms with van der Waals surface area (Å²) in [6.45, 7) is 2.16. The quantitative estimate of drug-likeness (QED) is 0.686. The van der Waals surface area contributed by atoms with E-state index in [-0.39, 0.29) is 11.6 Å². The summed E-state index contributed by atoms with van der Waals surface area (Å²) in [7, 11) is 0. The Morgan fingerprint density at radius 2 is 2.41 bits per heavy atom. The highest BCUT2D eigenvalue weighted by atomic mass is 16.2. The molecular weight excluding hydrogens is 220 g/mol. The number of aromatic nitrogens is 2. The van der Waals surface area contributed by atoms with Crippen LogP contribution >= 0.6 is 0 Å². The summed E-state index contributed by atoms with van der Waals surface area (Å²) in [6, 6.07) is 0. The first-order valence-electron chi connectivity index (χ1n) is 5.97. The van der Waals surface area contributed by atoms with E-state index in [1.807, 2.05) is 0 Å². The van der Waals surface area contributed by atoms with Crippen molar-refractivity contribution >= 4 is 5.91 Å². The molecule has 1 amide bonds. The van der Waals surface area contributed by atoms with E-state index < -0.39 is 0 Å². The van der Waals surface area contributed by atoms with Crippen LogP contribution in [0.5, 0.6) is 0 Å². The van der Waals surface area contributed by atoms with E-state index >= 15 is 0 Å². The summed E-state index contributed by atoms with van der Waals surface area (Å²) in [5.74, 6) is 0.383. The number of carbonyl (C=O) groups is 1. The fourth-order valence-corrected chi connectivity index (χ4v) is 2.34. The molecule has 2 heterocycles.